The maximum atomic E-state index is 14.7. The first-order chi connectivity index (χ1) is 13.9. The van der Waals surface area contributed by atoms with Crippen molar-refractivity contribution < 1.29 is 8.78 Å². The van der Waals surface area contributed by atoms with E-state index in [1.54, 1.807) is 0 Å². The molecule has 0 aromatic carbocycles. The average Bonchev–Trinajstić information content (AvgIpc) is 2.97. The lowest BCUT2D eigenvalue weighted by Gasteiger charge is -2.40. The monoisotopic (exact) mass is 402 g/mol. The summed E-state index contributed by atoms with van der Waals surface area (Å²) in [6.07, 6.45) is 12.6. The molecule has 29 heavy (non-hydrogen) atoms. The lowest BCUT2D eigenvalue weighted by molar-refractivity contribution is 0.118. The molecule has 1 aliphatic heterocycles. The molecule has 1 heterocycles. The number of allylic oxidation sites excluding steroid dienone is 6. The molecule has 2 aliphatic rings. The van der Waals surface area contributed by atoms with E-state index in [1.165, 1.54) is 12.2 Å². The van der Waals surface area contributed by atoms with Crippen molar-refractivity contribution in [2.24, 2.45) is 11.0 Å². The zero-order chi connectivity index (χ0) is 21.4. The zero-order valence-corrected chi connectivity index (χ0v) is 18.5. The van der Waals surface area contributed by atoms with Crippen LogP contribution in [0.3, 0.4) is 0 Å². The Labute approximate surface area is 175 Å². The Morgan fingerprint density at radius 1 is 1.17 bits per heavy atom. The van der Waals surface area contributed by atoms with Crippen molar-refractivity contribution in [3.63, 3.8) is 0 Å². The quantitative estimate of drug-likeness (QED) is 0.320. The Morgan fingerprint density at radius 2 is 1.90 bits per heavy atom. The van der Waals surface area contributed by atoms with Gasteiger partial charge in [-0.3, -0.25) is 5.01 Å². The first-order valence-corrected chi connectivity index (χ1v) is 11.1. The molecule has 0 saturated heterocycles. The summed E-state index contributed by atoms with van der Waals surface area (Å²) in [5.74, 6) is -0.687. The molecule has 2 unspecified atom stereocenters. The Kier molecular flexibility index (Phi) is 8.64. The normalized spacial score (nSPS) is 22.6. The van der Waals surface area contributed by atoms with Crippen LogP contribution in [0.4, 0.5) is 8.78 Å². The molecule has 0 fully saturated rings. The zero-order valence-electron chi connectivity index (χ0n) is 18.5. The van der Waals surface area contributed by atoms with E-state index in [4.69, 9.17) is 5.10 Å². The molecule has 0 radical (unpaired) electrons. The molecular formula is C25H36F2N2. The van der Waals surface area contributed by atoms with Crippen LogP contribution < -0.4 is 0 Å². The summed E-state index contributed by atoms with van der Waals surface area (Å²) >= 11 is 0. The predicted octanol–water partition coefficient (Wildman–Crippen LogP) is 7.92. The molecule has 0 aromatic rings. The summed E-state index contributed by atoms with van der Waals surface area (Å²) in [5.41, 5.74) is 4.17. The van der Waals surface area contributed by atoms with Gasteiger partial charge in [-0.05, 0) is 31.3 Å². The van der Waals surface area contributed by atoms with Crippen molar-refractivity contribution in [2.75, 3.05) is 0 Å². The summed E-state index contributed by atoms with van der Waals surface area (Å²) in [4.78, 5) is 0. The molecule has 1 aliphatic carbocycles. The first-order valence-electron chi connectivity index (χ1n) is 11.1. The van der Waals surface area contributed by atoms with Crippen LogP contribution in [0.2, 0.25) is 0 Å². The number of hydrogen-bond donors (Lipinski definition) is 0. The van der Waals surface area contributed by atoms with E-state index in [2.05, 4.69) is 45.0 Å². The predicted molar refractivity (Wildman–Crippen MR) is 119 cm³/mol. The molecule has 0 aromatic heterocycles. The van der Waals surface area contributed by atoms with Crippen LogP contribution in [0.1, 0.15) is 85.5 Å². The second-order valence-corrected chi connectivity index (χ2v) is 8.39. The second kappa shape index (κ2) is 10.7. The summed E-state index contributed by atoms with van der Waals surface area (Å²) in [5, 5.41) is 6.95. The summed E-state index contributed by atoms with van der Waals surface area (Å²) in [6, 6.07) is 0. The van der Waals surface area contributed by atoms with Crippen LogP contribution in [0.25, 0.3) is 0 Å². The van der Waals surface area contributed by atoms with Gasteiger partial charge in [-0.1, -0.05) is 66.4 Å². The lowest BCUT2D eigenvalue weighted by Crippen LogP contribution is -2.43. The maximum absolute atomic E-state index is 14.7. The number of hydrogen-bond acceptors (Lipinski definition) is 2. The van der Waals surface area contributed by atoms with Gasteiger partial charge < -0.3 is 0 Å². The number of unbranched alkanes of at least 4 members (excludes halogenated alkanes) is 2. The Hall–Kier alpha value is -1.93. The van der Waals surface area contributed by atoms with Crippen molar-refractivity contribution in [1.29, 1.82) is 0 Å². The van der Waals surface area contributed by atoms with E-state index in [1.807, 2.05) is 0 Å². The van der Waals surface area contributed by atoms with Crippen LogP contribution in [0.5, 0.6) is 0 Å². The fourth-order valence-electron chi connectivity index (χ4n) is 4.28. The van der Waals surface area contributed by atoms with Crippen molar-refractivity contribution >= 4 is 5.71 Å². The minimum atomic E-state index is -0.505. The maximum Gasteiger partial charge on any atom is 0.140 e. The molecule has 0 N–H and O–H groups in total. The highest BCUT2D eigenvalue weighted by Crippen LogP contribution is 2.43. The van der Waals surface area contributed by atoms with E-state index in [-0.39, 0.29) is 11.1 Å². The van der Waals surface area contributed by atoms with Gasteiger partial charge in [-0.15, -0.1) is 5.73 Å². The van der Waals surface area contributed by atoms with Gasteiger partial charge in [0.15, 0.2) is 0 Å². The van der Waals surface area contributed by atoms with Gasteiger partial charge in [0.05, 0.1) is 11.3 Å². The van der Waals surface area contributed by atoms with Gasteiger partial charge in [0, 0.05) is 29.8 Å². The van der Waals surface area contributed by atoms with Crippen molar-refractivity contribution in [2.45, 2.75) is 91.0 Å². The minimum absolute atomic E-state index is 0.210. The highest BCUT2D eigenvalue weighted by atomic mass is 19.1. The molecular weight excluding hydrogens is 366 g/mol. The van der Waals surface area contributed by atoms with Gasteiger partial charge in [0.1, 0.15) is 11.7 Å². The third kappa shape index (κ3) is 5.57. The van der Waals surface area contributed by atoms with Crippen molar-refractivity contribution in [1.82, 2.24) is 5.01 Å². The number of hydrazone groups is 1. The minimum Gasteiger partial charge on any atom is -0.263 e. The van der Waals surface area contributed by atoms with E-state index in [9.17, 15) is 8.78 Å². The largest absolute Gasteiger partial charge is 0.263 e. The highest BCUT2D eigenvalue weighted by Gasteiger charge is 2.44. The van der Waals surface area contributed by atoms with E-state index in [0.717, 1.165) is 63.1 Å². The van der Waals surface area contributed by atoms with Gasteiger partial charge in [0.25, 0.3) is 0 Å². The van der Waals surface area contributed by atoms with Crippen LogP contribution >= 0.6 is 0 Å². The first kappa shape index (κ1) is 23.3. The van der Waals surface area contributed by atoms with E-state index in [0.29, 0.717) is 18.1 Å². The smallest absolute Gasteiger partial charge is 0.140 e. The summed E-state index contributed by atoms with van der Waals surface area (Å²) in [7, 11) is 0. The molecule has 4 heteroatoms. The van der Waals surface area contributed by atoms with E-state index < -0.39 is 11.7 Å². The second-order valence-electron chi connectivity index (χ2n) is 8.39. The Morgan fingerprint density at radius 3 is 2.55 bits per heavy atom. The fraction of sp³-hybridized carbons (Fsp3) is 0.600. The number of rotatable bonds is 11. The molecule has 2 rings (SSSR count). The Balaban J connectivity index is 2.46. The van der Waals surface area contributed by atoms with Gasteiger partial charge in [-0.2, -0.15) is 5.10 Å². The molecule has 2 atom stereocenters. The van der Waals surface area contributed by atoms with Crippen molar-refractivity contribution in [3.8, 4) is 0 Å². The fourth-order valence-corrected chi connectivity index (χ4v) is 4.28. The summed E-state index contributed by atoms with van der Waals surface area (Å²) in [6.45, 7) is 13.1. The summed E-state index contributed by atoms with van der Waals surface area (Å²) < 4.78 is 28.7. The van der Waals surface area contributed by atoms with Gasteiger partial charge >= 0.3 is 0 Å². The van der Waals surface area contributed by atoms with Crippen molar-refractivity contribution in [3.05, 3.63) is 53.5 Å². The van der Waals surface area contributed by atoms with Gasteiger partial charge in [-0.25, -0.2) is 8.78 Å². The van der Waals surface area contributed by atoms with Crippen LogP contribution in [0.15, 0.2) is 58.6 Å². The SMILES string of the molecule is C=C(C(C)CCCC)N1N=C(C2=C(F)C=C=CC(F)=C2)CC1(CCC)CCCC. The Bertz CT molecular complexity index is 753. The highest BCUT2D eigenvalue weighted by molar-refractivity contribution is 6.05. The molecule has 160 valence electrons. The third-order valence-electron chi connectivity index (χ3n) is 5.99. The van der Waals surface area contributed by atoms with E-state index >= 15 is 0 Å². The molecule has 0 saturated carbocycles. The standard InChI is InChI=1S/C25H36F2N2/c1-6-9-12-19(4)20(5)29-25(15-8-3,16-10-7-2)18-24(28-29)22-17-21(26)13-11-14-23(22)27/h13-14,17,19H,5-10,12,15-16,18H2,1-4H3. The topological polar surface area (TPSA) is 15.6 Å². The number of halogens is 2. The third-order valence-corrected chi connectivity index (χ3v) is 5.99. The average molecular weight is 403 g/mol. The van der Waals surface area contributed by atoms with Crippen LogP contribution in [0, 0.1) is 5.92 Å². The molecule has 2 nitrogen and oxygen atoms in total. The molecule has 0 spiro atoms. The van der Waals surface area contributed by atoms with Gasteiger partial charge in [0.2, 0.25) is 0 Å². The number of nitrogens with zero attached hydrogens (tertiary/aromatic N) is 2. The molecule has 0 amide bonds. The lowest BCUT2D eigenvalue weighted by atomic mass is 9.81. The van der Waals surface area contributed by atoms with Crippen LogP contribution in [-0.4, -0.2) is 16.3 Å². The van der Waals surface area contributed by atoms with Crippen LogP contribution in [-0.2, 0) is 0 Å². The molecule has 0 bridgehead atoms.